The predicted molar refractivity (Wildman–Crippen MR) is 66.3 cm³/mol. The van der Waals surface area contributed by atoms with Crippen LogP contribution < -0.4 is 15.2 Å². The van der Waals surface area contributed by atoms with Crippen LogP contribution in [0.25, 0.3) is 11.3 Å². The van der Waals surface area contributed by atoms with E-state index in [2.05, 4.69) is 10.2 Å². The molecule has 0 atom stereocenters. The van der Waals surface area contributed by atoms with Crippen molar-refractivity contribution in [2.24, 2.45) is 0 Å². The van der Waals surface area contributed by atoms with Crippen molar-refractivity contribution in [3.05, 3.63) is 23.9 Å². The second-order valence-corrected chi connectivity index (χ2v) is 3.73. The number of aromatic nitrogens is 2. The van der Waals surface area contributed by atoms with Crippen molar-refractivity contribution in [1.29, 1.82) is 0 Å². The smallest absolute Gasteiger partial charge is 0.145 e. The molecule has 5 nitrogen and oxygen atoms in total. The molecule has 0 fully saturated rings. The van der Waals surface area contributed by atoms with Crippen LogP contribution in [0.2, 0.25) is 0 Å². The highest BCUT2D eigenvalue weighted by atomic mass is 16.5. The van der Waals surface area contributed by atoms with Crippen molar-refractivity contribution < 1.29 is 9.47 Å². The van der Waals surface area contributed by atoms with E-state index in [-0.39, 0.29) is 0 Å². The van der Waals surface area contributed by atoms with Crippen LogP contribution in [0.15, 0.2) is 18.2 Å². The summed E-state index contributed by atoms with van der Waals surface area (Å²) >= 11 is 0. The molecule has 0 aliphatic heterocycles. The van der Waals surface area contributed by atoms with Gasteiger partial charge in [0.05, 0.1) is 25.6 Å². The number of hydrogen-bond acceptors (Lipinski definition) is 4. The van der Waals surface area contributed by atoms with E-state index in [0.717, 1.165) is 17.0 Å². The fourth-order valence-corrected chi connectivity index (χ4v) is 1.68. The Morgan fingerprint density at radius 1 is 1.12 bits per heavy atom. The summed E-state index contributed by atoms with van der Waals surface area (Å²) in [5.74, 6) is 1.28. The van der Waals surface area contributed by atoms with Gasteiger partial charge in [0.2, 0.25) is 0 Å². The average molecular weight is 233 g/mol. The highest BCUT2D eigenvalue weighted by molar-refractivity contribution is 5.75. The molecule has 1 aromatic heterocycles. The molecular weight excluding hydrogens is 218 g/mol. The van der Waals surface area contributed by atoms with Crippen molar-refractivity contribution in [3.63, 3.8) is 0 Å². The summed E-state index contributed by atoms with van der Waals surface area (Å²) in [5.41, 5.74) is 9.07. The minimum Gasteiger partial charge on any atom is -0.496 e. The minimum absolute atomic E-state index is 0.559. The number of benzene rings is 1. The Bertz CT molecular complexity index is 535. The van der Waals surface area contributed by atoms with E-state index in [1.807, 2.05) is 13.0 Å². The zero-order chi connectivity index (χ0) is 12.4. The molecule has 3 N–H and O–H groups in total. The molecule has 0 amide bonds. The van der Waals surface area contributed by atoms with E-state index < -0.39 is 0 Å². The first kappa shape index (κ1) is 11.3. The summed E-state index contributed by atoms with van der Waals surface area (Å²) < 4.78 is 10.5. The average Bonchev–Trinajstić information content (AvgIpc) is 2.75. The zero-order valence-electron chi connectivity index (χ0n) is 10.1. The molecule has 0 aliphatic carbocycles. The standard InChI is InChI=1S/C12H15N3O2/c1-7-4-10(15-14-7)8-5-9(13)12(17-3)6-11(8)16-2/h4-6H,13H2,1-3H3,(H,14,15). The molecule has 1 heterocycles. The van der Waals surface area contributed by atoms with Gasteiger partial charge in [-0.25, -0.2) is 0 Å². The SMILES string of the molecule is COc1cc(OC)c(-c2cc(C)[nH]n2)cc1N. The number of aryl methyl sites for hydroxylation is 1. The van der Waals surface area contributed by atoms with Crippen LogP contribution in [-0.4, -0.2) is 24.4 Å². The number of anilines is 1. The largest absolute Gasteiger partial charge is 0.496 e. The van der Waals surface area contributed by atoms with Gasteiger partial charge in [-0.05, 0) is 19.1 Å². The Morgan fingerprint density at radius 3 is 2.35 bits per heavy atom. The van der Waals surface area contributed by atoms with E-state index in [4.69, 9.17) is 15.2 Å². The number of nitrogen functional groups attached to an aromatic ring is 1. The molecule has 0 aliphatic rings. The first-order valence-electron chi connectivity index (χ1n) is 5.19. The maximum atomic E-state index is 5.88. The Labute approximate surface area is 99.5 Å². The van der Waals surface area contributed by atoms with Crippen LogP contribution in [0.1, 0.15) is 5.69 Å². The van der Waals surface area contributed by atoms with E-state index in [1.54, 1.807) is 26.4 Å². The number of H-pyrrole nitrogens is 1. The second kappa shape index (κ2) is 4.37. The van der Waals surface area contributed by atoms with Crippen molar-refractivity contribution in [3.8, 4) is 22.8 Å². The van der Waals surface area contributed by atoms with Gasteiger partial charge in [0, 0.05) is 17.3 Å². The van der Waals surface area contributed by atoms with Crippen molar-refractivity contribution in [1.82, 2.24) is 10.2 Å². The van der Waals surface area contributed by atoms with Crippen molar-refractivity contribution >= 4 is 5.69 Å². The van der Waals surface area contributed by atoms with Crippen molar-refractivity contribution in [2.75, 3.05) is 20.0 Å². The maximum Gasteiger partial charge on any atom is 0.145 e. The van der Waals surface area contributed by atoms with Gasteiger partial charge in [0.25, 0.3) is 0 Å². The number of nitrogens with zero attached hydrogens (tertiary/aromatic N) is 1. The van der Waals surface area contributed by atoms with Crippen LogP contribution in [-0.2, 0) is 0 Å². The minimum atomic E-state index is 0.559. The summed E-state index contributed by atoms with van der Waals surface area (Å²) in [6.07, 6.45) is 0. The normalized spacial score (nSPS) is 10.3. The van der Waals surface area contributed by atoms with Gasteiger partial charge >= 0.3 is 0 Å². The number of nitrogens with one attached hydrogen (secondary N) is 1. The van der Waals surface area contributed by atoms with Gasteiger partial charge in [0.1, 0.15) is 11.5 Å². The van der Waals surface area contributed by atoms with Gasteiger partial charge < -0.3 is 15.2 Å². The van der Waals surface area contributed by atoms with Gasteiger partial charge in [-0.1, -0.05) is 0 Å². The van der Waals surface area contributed by atoms with E-state index in [1.165, 1.54) is 0 Å². The van der Waals surface area contributed by atoms with Crippen LogP contribution in [0.4, 0.5) is 5.69 Å². The van der Waals surface area contributed by atoms with Crippen LogP contribution in [0, 0.1) is 6.92 Å². The van der Waals surface area contributed by atoms with Gasteiger partial charge in [-0.2, -0.15) is 5.10 Å². The van der Waals surface area contributed by atoms with Crippen LogP contribution in [0.3, 0.4) is 0 Å². The monoisotopic (exact) mass is 233 g/mol. The van der Waals surface area contributed by atoms with E-state index in [9.17, 15) is 0 Å². The molecule has 17 heavy (non-hydrogen) atoms. The second-order valence-electron chi connectivity index (χ2n) is 3.73. The Balaban J connectivity index is 2.57. The number of aromatic amines is 1. The molecule has 5 heteroatoms. The molecule has 0 unspecified atom stereocenters. The molecule has 0 spiro atoms. The molecule has 0 radical (unpaired) electrons. The van der Waals surface area contributed by atoms with Gasteiger partial charge in [0.15, 0.2) is 0 Å². The lowest BCUT2D eigenvalue weighted by molar-refractivity contribution is 0.396. The van der Waals surface area contributed by atoms with Crippen LogP contribution in [0.5, 0.6) is 11.5 Å². The summed E-state index contributed by atoms with van der Waals surface area (Å²) in [5, 5.41) is 7.08. The third-order valence-corrected chi connectivity index (χ3v) is 2.53. The molecule has 2 aromatic rings. The molecule has 2 rings (SSSR count). The molecule has 1 aromatic carbocycles. The number of methoxy groups -OCH3 is 2. The number of rotatable bonds is 3. The third kappa shape index (κ3) is 2.04. The summed E-state index contributed by atoms with van der Waals surface area (Å²) in [6.45, 7) is 1.94. The molecule has 0 saturated carbocycles. The molecular formula is C12H15N3O2. The first-order chi connectivity index (χ1) is 8.15. The van der Waals surface area contributed by atoms with Crippen molar-refractivity contribution in [2.45, 2.75) is 6.92 Å². The summed E-state index contributed by atoms with van der Waals surface area (Å²) in [4.78, 5) is 0. The Kier molecular flexibility index (Phi) is 2.91. The Morgan fingerprint density at radius 2 is 1.82 bits per heavy atom. The molecule has 0 saturated heterocycles. The number of nitrogens with two attached hydrogens (primary N) is 1. The fourth-order valence-electron chi connectivity index (χ4n) is 1.68. The number of ether oxygens (including phenoxy) is 2. The number of hydrogen-bond donors (Lipinski definition) is 2. The summed E-state index contributed by atoms with van der Waals surface area (Å²) in [7, 11) is 3.18. The predicted octanol–water partition coefficient (Wildman–Crippen LogP) is 1.98. The van der Waals surface area contributed by atoms with E-state index in [0.29, 0.717) is 17.2 Å². The van der Waals surface area contributed by atoms with Crippen LogP contribution >= 0.6 is 0 Å². The highest BCUT2D eigenvalue weighted by Crippen LogP contribution is 2.36. The first-order valence-corrected chi connectivity index (χ1v) is 5.19. The lowest BCUT2D eigenvalue weighted by atomic mass is 10.1. The summed E-state index contributed by atoms with van der Waals surface area (Å²) in [6, 6.07) is 5.49. The quantitative estimate of drug-likeness (QED) is 0.795. The lowest BCUT2D eigenvalue weighted by Crippen LogP contribution is -1.96. The van der Waals surface area contributed by atoms with Gasteiger partial charge in [-0.3, -0.25) is 5.10 Å². The Hall–Kier alpha value is -2.17. The van der Waals surface area contributed by atoms with Gasteiger partial charge in [-0.15, -0.1) is 0 Å². The highest BCUT2D eigenvalue weighted by Gasteiger charge is 2.12. The zero-order valence-corrected chi connectivity index (χ0v) is 10.1. The van der Waals surface area contributed by atoms with E-state index >= 15 is 0 Å². The third-order valence-electron chi connectivity index (χ3n) is 2.53. The molecule has 0 bridgehead atoms. The maximum absolute atomic E-state index is 5.88. The topological polar surface area (TPSA) is 73.2 Å². The fraction of sp³-hybridized carbons (Fsp3) is 0.250. The lowest BCUT2D eigenvalue weighted by Gasteiger charge is -2.11. The molecule has 90 valence electrons.